The molecule has 0 fully saturated rings. The van der Waals surface area contributed by atoms with Gasteiger partial charge in [0.05, 0.1) is 0 Å². The number of rotatable bonds is 1. The van der Waals surface area contributed by atoms with E-state index in [0.717, 1.165) is 0 Å². The summed E-state index contributed by atoms with van der Waals surface area (Å²) in [7, 11) is 0. The number of benzene rings is 1. The van der Waals surface area contributed by atoms with Crippen molar-refractivity contribution in [3.05, 3.63) is 26.6 Å². The first-order chi connectivity index (χ1) is 6.22. The molecule has 2 aromatic rings. The zero-order valence-electron chi connectivity index (χ0n) is 7.43. The van der Waals surface area contributed by atoms with E-state index >= 15 is 0 Å². The van der Waals surface area contributed by atoms with Gasteiger partial charge in [-0.15, -0.1) is 23.1 Å². The highest BCUT2D eigenvalue weighted by Gasteiger charge is 2.05. The monoisotopic (exact) mass is 320 g/mol. The van der Waals surface area contributed by atoms with Crippen molar-refractivity contribution in [2.75, 3.05) is 6.26 Å². The summed E-state index contributed by atoms with van der Waals surface area (Å²) in [6.07, 6.45) is 2.12. The quantitative estimate of drug-likeness (QED) is 0.549. The highest BCUT2D eigenvalue weighted by Crippen LogP contribution is 2.33. The van der Waals surface area contributed by atoms with E-state index in [-0.39, 0.29) is 0 Å². The minimum Gasteiger partial charge on any atom is -0.142 e. The molecule has 1 aromatic heterocycles. The standard InChI is InChI=1S/C10H9IS2/c1-6-5-13-10-8(6)3-7(12-2)4-9(10)11/h3-5H,1-2H3. The second-order valence-corrected chi connectivity index (χ2v) is 5.83. The van der Waals surface area contributed by atoms with Crippen molar-refractivity contribution in [3.63, 3.8) is 0 Å². The lowest BCUT2D eigenvalue weighted by Crippen LogP contribution is -1.76. The number of hydrogen-bond acceptors (Lipinski definition) is 2. The van der Waals surface area contributed by atoms with Crippen molar-refractivity contribution >= 4 is 55.8 Å². The smallest absolute Gasteiger partial charge is 0.0479 e. The van der Waals surface area contributed by atoms with Crippen LogP contribution in [0.5, 0.6) is 0 Å². The Morgan fingerprint density at radius 2 is 2.15 bits per heavy atom. The fourth-order valence-electron chi connectivity index (χ4n) is 1.31. The Bertz CT molecular complexity index is 445. The average molecular weight is 320 g/mol. The maximum absolute atomic E-state index is 2.42. The van der Waals surface area contributed by atoms with Crippen LogP contribution in [0.2, 0.25) is 0 Å². The van der Waals surface area contributed by atoms with Gasteiger partial charge < -0.3 is 0 Å². The molecule has 13 heavy (non-hydrogen) atoms. The fraction of sp³-hybridized carbons (Fsp3) is 0.200. The normalized spacial score (nSPS) is 11.0. The number of thioether (sulfide) groups is 1. The van der Waals surface area contributed by atoms with E-state index in [1.54, 1.807) is 0 Å². The van der Waals surface area contributed by atoms with Gasteiger partial charge in [-0.1, -0.05) is 0 Å². The van der Waals surface area contributed by atoms with Gasteiger partial charge in [0.1, 0.15) is 0 Å². The number of fused-ring (bicyclic) bond motifs is 1. The molecule has 0 nitrogen and oxygen atoms in total. The van der Waals surface area contributed by atoms with Crippen LogP contribution in [0.25, 0.3) is 10.1 Å². The lowest BCUT2D eigenvalue weighted by molar-refractivity contribution is 1.48. The van der Waals surface area contributed by atoms with Crippen LogP contribution in [0.15, 0.2) is 22.4 Å². The third-order valence-electron chi connectivity index (χ3n) is 2.03. The van der Waals surface area contributed by atoms with E-state index in [9.17, 15) is 0 Å². The van der Waals surface area contributed by atoms with Crippen LogP contribution in [0.3, 0.4) is 0 Å². The van der Waals surface area contributed by atoms with Gasteiger partial charge >= 0.3 is 0 Å². The molecular formula is C10H9IS2. The average Bonchev–Trinajstić information content (AvgIpc) is 2.48. The van der Waals surface area contributed by atoms with E-state index in [1.165, 1.54) is 24.1 Å². The molecule has 0 N–H and O–H groups in total. The predicted molar refractivity (Wildman–Crippen MR) is 71.1 cm³/mol. The van der Waals surface area contributed by atoms with Gasteiger partial charge in [-0.2, -0.15) is 0 Å². The van der Waals surface area contributed by atoms with E-state index < -0.39 is 0 Å². The lowest BCUT2D eigenvalue weighted by atomic mass is 10.2. The molecule has 0 radical (unpaired) electrons. The van der Waals surface area contributed by atoms with Gasteiger partial charge in [0.25, 0.3) is 0 Å². The molecule has 0 amide bonds. The summed E-state index contributed by atoms with van der Waals surface area (Å²) in [5.41, 5.74) is 1.40. The fourth-order valence-corrected chi connectivity index (χ4v) is 3.94. The minimum atomic E-state index is 1.36. The van der Waals surface area contributed by atoms with Crippen molar-refractivity contribution in [2.45, 2.75) is 11.8 Å². The molecule has 0 unspecified atom stereocenters. The van der Waals surface area contributed by atoms with E-state index in [2.05, 4.69) is 53.3 Å². The molecule has 0 atom stereocenters. The van der Waals surface area contributed by atoms with Crippen LogP contribution < -0.4 is 0 Å². The summed E-state index contributed by atoms with van der Waals surface area (Å²) < 4.78 is 2.80. The largest absolute Gasteiger partial charge is 0.142 e. The summed E-state index contributed by atoms with van der Waals surface area (Å²) in [6, 6.07) is 4.54. The summed E-state index contributed by atoms with van der Waals surface area (Å²) in [6.45, 7) is 2.18. The SMILES string of the molecule is CSc1cc(I)c2scc(C)c2c1. The molecule has 0 aliphatic carbocycles. The molecule has 68 valence electrons. The van der Waals surface area contributed by atoms with Gasteiger partial charge in [-0.3, -0.25) is 0 Å². The topological polar surface area (TPSA) is 0 Å². The molecule has 0 spiro atoms. The first-order valence-electron chi connectivity index (χ1n) is 3.93. The van der Waals surface area contributed by atoms with Crippen molar-refractivity contribution in [2.24, 2.45) is 0 Å². The Morgan fingerprint density at radius 1 is 1.38 bits per heavy atom. The molecule has 0 bridgehead atoms. The van der Waals surface area contributed by atoms with Crippen LogP contribution in [0.1, 0.15) is 5.56 Å². The second kappa shape index (κ2) is 3.79. The zero-order chi connectivity index (χ0) is 9.42. The lowest BCUT2D eigenvalue weighted by Gasteiger charge is -2.00. The van der Waals surface area contributed by atoms with Crippen LogP contribution in [0.4, 0.5) is 0 Å². The second-order valence-electron chi connectivity index (χ2n) is 2.90. The third-order valence-corrected chi connectivity index (χ3v) is 5.10. The van der Waals surface area contributed by atoms with Crippen molar-refractivity contribution in [3.8, 4) is 0 Å². The number of hydrogen-bond donors (Lipinski definition) is 0. The first kappa shape index (κ1) is 9.80. The van der Waals surface area contributed by atoms with Crippen molar-refractivity contribution in [1.29, 1.82) is 0 Å². The Hall–Kier alpha value is 0.260. The number of aryl methyl sites for hydroxylation is 1. The zero-order valence-corrected chi connectivity index (χ0v) is 11.2. The highest BCUT2D eigenvalue weighted by molar-refractivity contribution is 14.1. The summed E-state index contributed by atoms with van der Waals surface area (Å²) in [4.78, 5) is 1.36. The van der Waals surface area contributed by atoms with E-state index in [1.807, 2.05) is 23.1 Å². The van der Waals surface area contributed by atoms with Gasteiger partial charge in [-0.05, 0) is 64.2 Å². The highest BCUT2D eigenvalue weighted by atomic mass is 127. The van der Waals surface area contributed by atoms with Gasteiger partial charge in [0.2, 0.25) is 0 Å². The van der Waals surface area contributed by atoms with E-state index in [4.69, 9.17) is 0 Å². The van der Waals surface area contributed by atoms with Crippen LogP contribution >= 0.6 is 45.7 Å². The van der Waals surface area contributed by atoms with Gasteiger partial charge in [-0.25, -0.2) is 0 Å². The molecule has 0 saturated heterocycles. The molecule has 2 rings (SSSR count). The summed E-state index contributed by atoms with van der Waals surface area (Å²) in [5, 5.41) is 3.65. The summed E-state index contributed by atoms with van der Waals surface area (Å²) >= 11 is 6.07. The number of halogens is 1. The molecular weight excluding hydrogens is 311 g/mol. The minimum absolute atomic E-state index is 1.36. The van der Waals surface area contributed by atoms with E-state index in [0.29, 0.717) is 0 Å². The van der Waals surface area contributed by atoms with Gasteiger partial charge in [0.15, 0.2) is 0 Å². The maximum atomic E-state index is 2.42. The molecule has 1 aromatic carbocycles. The number of thiophene rings is 1. The molecule has 1 heterocycles. The van der Waals surface area contributed by atoms with Crippen molar-refractivity contribution < 1.29 is 0 Å². The Morgan fingerprint density at radius 3 is 2.85 bits per heavy atom. The molecule has 3 heteroatoms. The Balaban J connectivity index is 2.80. The Labute approximate surface area is 99.9 Å². The molecule has 0 aliphatic heterocycles. The van der Waals surface area contributed by atoms with Crippen LogP contribution in [-0.2, 0) is 0 Å². The maximum Gasteiger partial charge on any atom is 0.0479 e. The first-order valence-corrected chi connectivity index (χ1v) is 7.12. The predicted octanol–water partition coefficient (Wildman–Crippen LogP) is 4.54. The summed E-state index contributed by atoms with van der Waals surface area (Å²) in [5.74, 6) is 0. The van der Waals surface area contributed by atoms with Gasteiger partial charge in [0, 0.05) is 13.2 Å². The third kappa shape index (κ3) is 1.74. The van der Waals surface area contributed by atoms with Crippen molar-refractivity contribution in [1.82, 2.24) is 0 Å². The van der Waals surface area contributed by atoms with Crippen LogP contribution in [0, 0.1) is 10.5 Å². The Kier molecular flexibility index (Phi) is 2.86. The van der Waals surface area contributed by atoms with Crippen LogP contribution in [-0.4, -0.2) is 6.26 Å². The molecule has 0 aliphatic rings. The molecule has 0 saturated carbocycles.